The summed E-state index contributed by atoms with van der Waals surface area (Å²) in [5.74, 6) is -0.202. The van der Waals surface area contributed by atoms with Crippen LogP contribution in [-0.2, 0) is 6.54 Å². The summed E-state index contributed by atoms with van der Waals surface area (Å²) in [7, 11) is 0. The van der Waals surface area contributed by atoms with E-state index in [2.05, 4.69) is 30.6 Å². The van der Waals surface area contributed by atoms with Crippen LogP contribution in [0.3, 0.4) is 0 Å². The van der Waals surface area contributed by atoms with Crippen molar-refractivity contribution in [2.45, 2.75) is 33.7 Å². The Bertz CT molecular complexity index is 391. The van der Waals surface area contributed by atoms with Gasteiger partial charge in [-0.3, -0.25) is 0 Å². The summed E-state index contributed by atoms with van der Waals surface area (Å²) < 4.78 is 13.8. The number of anilines is 1. The standard InChI is InChI=1S/C16H28FN3/c1-4-19(5-2)10-7-11-20(6-3)15-9-8-14(13-18)16(17)12-15/h8-9,12H,4-7,10-11,13,18H2,1-3H3. The summed E-state index contributed by atoms with van der Waals surface area (Å²) in [6.45, 7) is 11.8. The predicted octanol–water partition coefficient (Wildman–Crippen LogP) is 2.84. The molecule has 4 heteroatoms. The highest BCUT2D eigenvalue weighted by atomic mass is 19.1. The zero-order valence-corrected chi connectivity index (χ0v) is 13.0. The second-order valence-corrected chi connectivity index (χ2v) is 4.94. The lowest BCUT2D eigenvalue weighted by Gasteiger charge is -2.25. The molecule has 1 aromatic carbocycles. The lowest BCUT2D eigenvalue weighted by molar-refractivity contribution is 0.301. The molecule has 0 unspecified atom stereocenters. The SMILES string of the molecule is CCN(CC)CCCN(CC)c1ccc(CN)c(F)c1. The summed E-state index contributed by atoms with van der Waals surface area (Å²) in [4.78, 5) is 4.62. The molecule has 0 radical (unpaired) electrons. The van der Waals surface area contributed by atoms with E-state index >= 15 is 0 Å². The van der Waals surface area contributed by atoms with Crippen LogP contribution in [0, 0.1) is 5.82 Å². The number of halogens is 1. The van der Waals surface area contributed by atoms with Crippen LogP contribution in [0.1, 0.15) is 32.8 Å². The molecule has 0 bridgehead atoms. The van der Waals surface area contributed by atoms with Crippen LogP contribution in [0.25, 0.3) is 0 Å². The molecule has 0 aliphatic heterocycles. The zero-order chi connectivity index (χ0) is 15.0. The van der Waals surface area contributed by atoms with Gasteiger partial charge >= 0.3 is 0 Å². The van der Waals surface area contributed by atoms with Crippen molar-refractivity contribution in [2.75, 3.05) is 37.6 Å². The molecule has 1 rings (SSSR count). The molecule has 0 atom stereocenters. The topological polar surface area (TPSA) is 32.5 Å². The van der Waals surface area contributed by atoms with Gasteiger partial charge in [-0.25, -0.2) is 4.39 Å². The van der Waals surface area contributed by atoms with E-state index in [9.17, 15) is 4.39 Å². The summed E-state index contributed by atoms with van der Waals surface area (Å²) in [5.41, 5.74) is 7.02. The highest BCUT2D eigenvalue weighted by Crippen LogP contribution is 2.18. The smallest absolute Gasteiger partial charge is 0.129 e. The number of hydrogen-bond donors (Lipinski definition) is 1. The van der Waals surface area contributed by atoms with Gasteiger partial charge in [0.15, 0.2) is 0 Å². The molecule has 0 aliphatic rings. The largest absolute Gasteiger partial charge is 0.372 e. The zero-order valence-electron chi connectivity index (χ0n) is 13.0. The van der Waals surface area contributed by atoms with Crippen molar-refractivity contribution in [3.63, 3.8) is 0 Å². The van der Waals surface area contributed by atoms with Crippen molar-refractivity contribution in [1.82, 2.24) is 4.90 Å². The predicted molar refractivity (Wildman–Crippen MR) is 84.6 cm³/mol. The Morgan fingerprint density at radius 2 is 1.75 bits per heavy atom. The molecule has 0 spiro atoms. The van der Waals surface area contributed by atoms with Gasteiger partial charge in [-0.05, 0) is 45.1 Å². The third kappa shape index (κ3) is 4.76. The van der Waals surface area contributed by atoms with E-state index in [-0.39, 0.29) is 12.4 Å². The van der Waals surface area contributed by atoms with Crippen molar-refractivity contribution in [2.24, 2.45) is 5.73 Å². The molecule has 1 aromatic rings. The Balaban J connectivity index is 2.59. The van der Waals surface area contributed by atoms with Gasteiger partial charge in [0.25, 0.3) is 0 Å². The van der Waals surface area contributed by atoms with Crippen molar-refractivity contribution in [1.29, 1.82) is 0 Å². The fourth-order valence-corrected chi connectivity index (χ4v) is 2.39. The normalized spacial score (nSPS) is 11.1. The number of hydrogen-bond acceptors (Lipinski definition) is 3. The van der Waals surface area contributed by atoms with E-state index in [1.807, 2.05) is 6.07 Å². The minimum absolute atomic E-state index is 0.202. The molecular formula is C16H28FN3. The first kappa shape index (κ1) is 16.9. The van der Waals surface area contributed by atoms with Crippen LogP contribution in [0.15, 0.2) is 18.2 Å². The molecule has 0 fully saturated rings. The van der Waals surface area contributed by atoms with Gasteiger partial charge in [0.1, 0.15) is 5.82 Å². The molecule has 0 aliphatic carbocycles. The third-order valence-electron chi connectivity index (χ3n) is 3.80. The molecule has 20 heavy (non-hydrogen) atoms. The van der Waals surface area contributed by atoms with Crippen LogP contribution in [0.2, 0.25) is 0 Å². The van der Waals surface area contributed by atoms with Gasteiger partial charge in [-0.1, -0.05) is 19.9 Å². The number of rotatable bonds is 9. The fraction of sp³-hybridized carbons (Fsp3) is 0.625. The highest BCUT2D eigenvalue weighted by molar-refractivity contribution is 5.48. The molecule has 3 nitrogen and oxygen atoms in total. The molecule has 2 N–H and O–H groups in total. The maximum absolute atomic E-state index is 13.8. The van der Waals surface area contributed by atoms with E-state index in [1.165, 1.54) is 0 Å². The van der Waals surface area contributed by atoms with Crippen molar-refractivity contribution in [3.8, 4) is 0 Å². The van der Waals surface area contributed by atoms with Crippen molar-refractivity contribution >= 4 is 5.69 Å². The Hall–Kier alpha value is -1.13. The average molecular weight is 281 g/mol. The molecule has 0 heterocycles. The first-order chi connectivity index (χ1) is 9.65. The second kappa shape index (κ2) is 8.93. The number of nitrogens with two attached hydrogens (primary N) is 1. The third-order valence-corrected chi connectivity index (χ3v) is 3.80. The molecule has 0 saturated heterocycles. The lowest BCUT2D eigenvalue weighted by atomic mass is 10.1. The summed E-state index contributed by atoms with van der Waals surface area (Å²) >= 11 is 0. The maximum atomic E-state index is 13.8. The van der Waals surface area contributed by atoms with Crippen LogP contribution >= 0.6 is 0 Å². The van der Waals surface area contributed by atoms with Gasteiger partial charge in [-0.2, -0.15) is 0 Å². The molecule has 0 aromatic heterocycles. The molecule has 0 saturated carbocycles. The minimum atomic E-state index is -0.202. The number of nitrogens with zero attached hydrogens (tertiary/aromatic N) is 2. The Labute approximate surface area is 122 Å². The van der Waals surface area contributed by atoms with Crippen LogP contribution in [-0.4, -0.2) is 37.6 Å². The van der Waals surface area contributed by atoms with E-state index in [0.29, 0.717) is 5.56 Å². The van der Waals surface area contributed by atoms with Crippen LogP contribution in [0.5, 0.6) is 0 Å². The average Bonchev–Trinajstić information content (AvgIpc) is 2.47. The highest BCUT2D eigenvalue weighted by Gasteiger charge is 2.08. The second-order valence-electron chi connectivity index (χ2n) is 4.94. The minimum Gasteiger partial charge on any atom is -0.372 e. The molecule has 114 valence electrons. The molecular weight excluding hydrogens is 253 g/mol. The fourth-order valence-electron chi connectivity index (χ4n) is 2.39. The van der Waals surface area contributed by atoms with Crippen LogP contribution < -0.4 is 10.6 Å². The van der Waals surface area contributed by atoms with Crippen molar-refractivity contribution in [3.05, 3.63) is 29.6 Å². The van der Waals surface area contributed by atoms with E-state index < -0.39 is 0 Å². The molecule has 0 amide bonds. The first-order valence-corrected chi connectivity index (χ1v) is 7.61. The summed E-state index contributed by atoms with van der Waals surface area (Å²) in [5, 5.41) is 0. The van der Waals surface area contributed by atoms with Gasteiger partial charge in [0.05, 0.1) is 0 Å². The van der Waals surface area contributed by atoms with Gasteiger partial charge in [0.2, 0.25) is 0 Å². The number of benzene rings is 1. The van der Waals surface area contributed by atoms with Crippen molar-refractivity contribution < 1.29 is 4.39 Å². The lowest BCUT2D eigenvalue weighted by Crippen LogP contribution is -2.30. The Kier molecular flexibility index (Phi) is 7.55. The Morgan fingerprint density at radius 3 is 2.25 bits per heavy atom. The quantitative estimate of drug-likeness (QED) is 0.755. The van der Waals surface area contributed by atoms with Gasteiger partial charge < -0.3 is 15.5 Å². The Morgan fingerprint density at radius 1 is 1.05 bits per heavy atom. The van der Waals surface area contributed by atoms with Crippen LogP contribution in [0.4, 0.5) is 10.1 Å². The van der Waals surface area contributed by atoms with Gasteiger partial charge in [-0.15, -0.1) is 0 Å². The van der Waals surface area contributed by atoms with Gasteiger partial charge in [0, 0.05) is 30.9 Å². The van der Waals surface area contributed by atoms with E-state index in [0.717, 1.165) is 44.8 Å². The maximum Gasteiger partial charge on any atom is 0.129 e. The van der Waals surface area contributed by atoms with E-state index in [4.69, 9.17) is 5.73 Å². The first-order valence-electron chi connectivity index (χ1n) is 7.61. The van der Waals surface area contributed by atoms with E-state index in [1.54, 1.807) is 12.1 Å². The summed E-state index contributed by atoms with van der Waals surface area (Å²) in [6, 6.07) is 5.35. The monoisotopic (exact) mass is 281 g/mol. The summed E-state index contributed by atoms with van der Waals surface area (Å²) in [6.07, 6.45) is 1.09.